The van der Waals surface area contributed by atoms with Gasteiger partial charge in [0.15, 0.2) is 0 Å². The molecule has 0 aliphatic heterocycles. The Labute approximate surface area is 193 Å². The maximum absolute atomic E-state index is 4.25. The second-order valence-electron chi connectivity index (χ2n) is 8.87. The lowest BCUT2D eigenvalue weighted by atomic mass is 9.70. The van der Waals surface area contributed by atoms with Gasteiger partial charge in [-0.3, -0.25) is 4.99 Å². The van der Waals surface area contributed by atoms with Crippen LogP contribution in [-0.4, -0.2) is 18.2 Å². The standard InChI is InChI=1S/C31H22N2/c1-3-19-24-16-23-22-12-6-9-15-27(22)31(28(23)17-29(24)33-30(19)18-32-2)25-13-7-4-10-20(25)21-11-5-8-14-26(21)31/h3-18,33H,1H2,2H3/b32-18+. The molecule has 156 valence electrons. The van der Waals surface area contributed by atoms with Crippen molar-refractivity contribution in [3.63, 3.8) is 0 Å². The van der Waals surface area contributed by atoms with Crippen LogP contribution in [0, 0.1) is 0 Å². The van der Waals surface area contributed by atoms with Gasteiger partial charge in [0.2, 0.25) is 0 Å². The molecule has 0 bridgehead atoms. The summed E-state index contributed by atoms with van der Waals surface area (Å²) in [6.45, 7) is 4.08. The number of hydrogen-bond donors (Lipinski definition) is 1. The van der Waals surface area contributed by atoms with Crippen LogP contribution in [0.25, 0.3) is 39.2 Å². The van der Waals surface area contributed by atoms with Gasteiger partial charge in [-0.15, -0.1) is 0 Å². The van der Waals surface area contributed by atoms with E-state index < -0.39 is 0 Å². The minimum atomic E-state index is -0.314. The summed E-state index contributed by atoms with van der Waals surface area (Å²) < 4.78 is 0. The van der Waals surface area contributed by atoms with Gasteiger partial charge in [0.25, 0.3) is 0 Å². The normalized spacial score (nSPS) is 14.5. The molecular formula is C31H22N2. The molecule has 2 aliphatic rings. The summed E-state index contributed by atoms with van der Waals surface area (Å²) >= 11 is 0. The number of nitrogens with zero attached hydrogens (tertiary/aromatic N) is 1. The molecule has 0 unspecified atom stereocenters. The highest BCUT2D eigenvalue weighted by Crippen LogP contribution is 2.63. The molecule has 0 fully saturated rings. The van der Waals surface area contributed by atoms with Crippen LogP contribution >= 0.6 is 0 Å². The third kappa shape index (κ3) is 2.11. The number of hydrogen-bond acceptors (Lipinski definition) is 1. The van der Waals surface area contributed by atoms with E-state index in [1.807, 2.05) is 12.3 Å². The molecule has 2 heteroatoms. The molecule has 1 heterocycles. The van der Waals surface area contributed by atoms with Crippen molar-refractivity contribution in [3.05, 3.63) is 125 Å². The van der Waals surface area contributed by atoms with Crippen molar-refractivity contribution in [1.82, 2.24) is 4.98 Å². The van der Waals surface area contributed by atoms with Crippen LogP contribution in [0.15, 0.2) is 96.5 Å². The van der Waals surface area contributed by atoms with Crippen molar-refractivity contribution >= 4 is 23.2 Å². The van der Waals surface area contributed by atoms with Gasteiger partial charge >= 0.3 is 0 Å². The average molecular weight is 423 g/mol. The van der Waals surface area contributed by atoms with Crippen molar-refractivity contribution < 1.29 is 0 Å². The van der Waals surface area contributed by atoms with Crippen molar-refractivity contribution in [1.29, 1.82) is 0 Å². The van der Waals surface area contributed by atoms with E-state index in [0.717, 1.165) is 16.8 Å². The molecule has 1 spiro atoms. The summed E-state index contributed by atoms with van der Waals surface area (Å²) in [5.74, 6) is 0. The smallest absolute Gasteiger partial charge is 0.0726 e. The second kappa shape index (κ2) is 6.43. The topological polar surface area (TPSA) is 28.1 Å². The van der Waals surface area contributed by atoms with Gasteiger partial charge in [0, 0.05) is 29.7 Å². The Morgan fingerprint density at radius 3 is 1.82 bits per heavy atom. The molecular weight excluding hydrogens is 400 g/mol. The summed E-state index contributed by atoms with van der Waals surface area (Å²) in [5.41, 5.74) is 13.6. The summed E-state index contributed by atoms with van der Waals surface area (Å²) in [6.07, 6.45) is 3.81. The number of rotatable bonds is 2. The number of fused-ring (bicyclic) bond motifs is 11. The third-order valence-corrected chi connectivity index (χ3v) is 7.45. The highest BCUT2D eigenvalue weighted by molar-refractivity contribution is 6.04. The minimum absolute atomic E-state index is 0.314. The van der Waals surface area contributed by atoms with Gasteiger partial charge in [-0.25, -0.2) is 0 Å². The van der Waals surface area contributed by atoms with Gasteiger partial charge in [0.05, 0.1) is 11.1 Å². The molecule has 4 aromatic carbocycles. The van der Waals surface area contributed by atoms with Gasteiger partial charge in [-0.1, -0.05) is 85.5 Å². The van der Waals surface area contributed by atoms with Gasteiger partial charge < -0.3 is 4.98 Å². The van der Waals surface area contributed by atoms with Crippen molar-refractivity contribution in [2.75, 3.05) is 7.05 Å². The number of aromatic amines is 1. The summed E-state index contributed by atoms with van der Waals surface area (Å²) in [5, 5.41) is 1.19. The Kier molecular flexibility index (Phi) is 3.58. The summed E-state index contributed by atoms with van der Waals surface area (Å²) in [7, 11) is 1.80. The molecule has 0 atom stereocenters. The average Bonchev–Trinajstić information content (AvgIpc) is 3.46. The SMILES string of the molecule is C=Cc1c(/C=N/C)[nH]c2cc3c(cc12)-c1ccccc1C31c2ccccc2-c2ccccc21. The van der Waals surface area contributed by atoms with Crippen LogP contribution in [0.3, 0.4) is 0 Å². The Balaban J connectivity index is 1.68. The lowest BCUT2D eigenvalue weighted by Gasteiger charge is -2.30. The first-order valence-corrected chi connectivity index (χ1v) is 11.3. The fourth-order valence-electron chi connectivity index (χ4n) is 6.27. The zero-order valence-corrected chi connectivity index (χ0v) is 18.4. The van der Waals surface area contributed by atoms with Crippen LogP contribution in [0.4, 0.5) is 0 Å². The molecule has 0 saturated carbocycles. The number of aliphatic imine (C=N–C) groups is 1. The van der Waals surface area contributed by atoms with Crippen LogP contribution in [0.1, 0.15) is 33.5 Å². The van der Waals surface area contributed by atoms with E-state index in [4.69, 9.17) is 0 Å². The third-order valence-electron chi connectivity index (χ3n) is 7.45. The Morgan fingerprint density at radius 1 is 0.727 bits per heavy atom. The second-order valence-corrected chi connectivity index (χ2v) is 8.87. The number of H-pyrrole nitrogens is 1. The minimum Gasteiger partial charge on any atom is -0.353 e. The van der Waals surface area contributed by atoms with Crippen molar-refractivity contribution in [2.24, 2.45) is 4.99 Å². The van der Waals surface area contributed by atoms with E-state index in [2.05, 4.69) is 101 Å². The van der Waals surface area contributed by atoms with Crippen LogP contribution in [-0.2, 0) is 5.41 Å². The molecule has 33 heavy (non-hydrogen) atoms. The molecule has 2 aliphatic carbocycles. The fraction of sp³-hybridized carbons (Fsp3) is 0.0645. The number of benzene rings is 4. The van der Waals surface area contributed by atoms with E-state index in [-0.39, 0.29) is 5.41 Å². The van der Waals surface area contributed by atoms with Crippen LogP contribution in [0.2, 0.25) is 0 Å². The van der Waals surface area contributed by atoms with Crippen molar-refractivity contribution in [2.45, 2.75) is 5.41 Å². The fourth-order valence-corrected chi connectivity index (χ4v) is 6.27. The van der Waals surface area contributed by atoms with Gasteiger partial charge in [-0.05, 0) is 56.6 Å². The Bertz CT molecular complexity index is 1600. The molecule has 0 saturated heterocycles. The largest absolute Gasteiger partial charge is 0.353 e. The number of nitrogens with one attached hydrogen (secondary N) is 1. The molecule has 1 N–H and O–H groups in total. The molecule has 0 radical (unpaired) electrons. The first-order valence-electron chi connectivity index (χ1n) is 11.3. The zero-order chi connectivity index (χ0) is 22.2. The summed E-state index contributed by atoms with van der Waals surface area (Å²) in [4.78, 5) is 7.86. The van der Waals surface area contributed by atoms with E-state index in [9.17, 15) is 0 Å². The Hall–Kier alpha value is -4.17. The van der Waals surface area contributed by atoms with E-state index in [0.29, 0.717) is 0 Å². The van der Waals surface area contributed by atoms with Gasteiger partial charge in [-0.2, -0.15) is 0 Å². The molecule has 7 rings (SSSR count). The molecule has 0 amide bonds. The molecule has 5 aromatic rings. The highest BCUT2D eigenvalue weighted by atomic mass is 14.8. The van der Waals surface area contributed by atoms with Gasteiger partial charge in [0.1, 0.15) is 0 Å². The maximum Gasteiger partial charge on any atom is 0.0726 e. The zero-order valence-electron chi connectivity index (χ0n) is 18.4. The predicted molar refractivity (Wildman–Crippen MR) is 138 cm³/mol. The van der Waals surface area contributed by atoms with Crippen molar-refractivity contribution in [3.8, 4) is 22.3 Å². The van der Waals surface area contributed by atoms with E-state index in [1.165, 1.54) is 49.9 Å². The lowest BCUT2D eigenvalue weighted by Crippen LogP contribution is -2.25. The summed E-state index contributed by atoms with van der Waals surface area (Å²) in [6, 6.07) is 31.4. The Morgan fingerprint density at radius 2 is 1.27 bits per heavy atom. The van der Waals surface area contributed by atoms with Crippen LogP contribution < -0.4 is 0 Å². The predicted octanol–water partition coefficient (Wildman–Crippen LogP) is 7.20. The lowest BCUT2D eigenvalue weighted by molar-refractivity contribution is 0.795. The van der Waals surface area contributed by atoms with E-state index in [1.54, 1.807) is 7.05 Å². The molecule has 1 aromatic heterocycles. The number of aromatic nitrogens is 1. The first-order chi connectivity index (χ1) is 16.3. The van der Waals surface area contributed by atoms with Crippen LogP contribution in [0.5, 0.6) is 0 Å². The quantitative estimate of drug-likeness (QED) is 0.285. The monoisotopic (exact) mass is 422 g/mol. The maximum atomic E-state index is 4.25. The molecule has 2 nitrogen and oxygen atoms in total. The first kappa shape index (κ1) is 18.4. The highest BCUT2D eigenvalue weighted by Gasteiger charge is 2.51. The van der Waals surface area contributed by atoms with E-state index >= 15 is 0 Å².